The van der Waals surface area contributed by atoms with Gasteiger partial charge in [-0.05, 0) is 44.1 Å². The highest BCUT2D eigenvalue weighted by Crippen LogP contribution is 2.61. The predicted molar refractivity (Wildman–Crippen MR) is 127 cm³/mol. The summed E-state index contributed by atoms with van der Waals surface area (Å²) in [7, 11) is 4.30. The van der Waals surface area contributed by atoms with Crippen LogP contribution in [-0.4, -0.2) is 50.0 Å². The number of morpholine rings is 1. The van der Waals surface area contributed by atoms with Crippen molar-refractivity contribution < 1.29 is 4.74 Å². The highest BCUT2D eigenvalue weighted by molar-refractivity contribution is 8.19. The van der Waals surface area contributed by atoms with Crippen LogP contribution in [0.3, 0.4) is 0 Å². The molecule has 1 aliphatic carbocycles. The second kappa shape index (κ2) is 8.97. The van der Waals surface area contributed by atoms with Crippen LogP contribution in [0.2, 0.25) is 0 Å². The predicted octanol–water partition coefficient (Wildman–Crippen LogP) is 4.69. The average molecular weight is 425 g/mol. The minimum absolute atomic E-state index is 0.783. The van der Waals surface area contributed by atoms with E-state index in [9.17, 15) is 0 Å². The van der Waals surface area contributed by atoms with Crippen LogP contribution >= 0.6 is 6.19 Å². The van der Waals surface area contributed by atoms with Crippen molar-refractivity contribution in [3.8, 4) is 0 Å². The minimum atomic E-state index is -2.03. The Balaban J connectivity index is 1.87. The van der Waals surface area contributed by atoms with Crippen molar-refractivity contribution in [2.24, 2.45) is 0 Å². The first kappa shape index (κ1) is 20.6. The van der Waals surface area contributed by atoms with Crippen LogP contribution in [0.4, 0.5) is 0 Å². The van der Waals surface area contributed by atoms with Crippen LogP contribution in [0.15, 0.2) is 77.2 Å². The molecule has 0 radical (unpaired) electrons. The van der Waals surface area contributed by atoms with E-state index in [1.165, 1.54) is 27.5 Å². The molecule has 2 aromatic carbocycles. The Bertz CT molecular complexity index is 947. The van der Waals surface area contributed by atoms with E-state index in [-0.39, 0.29) is 0 Å². The van der Waals surface area contributed by atoms with Crippen molar-refractivity contribution in [1.82, 2.24) is 9.57 Å². The summed E-state index contributed by atoms with van der Waals surface area (Å²) in [6.45, 7) is 3.43. The zero-order valence-corrected chi connectivity index (χ0v) is 19.0. The SMILES string of the molecule is CN(C)[P@@](=S)(C1=C(N2CCOCC2)/C(=C/c2ccccc2)CC1)c1ccccc1. The number of hydrogen-bond acceptors (Lipinski definition) is 3. The van der Waals surface area contributed by atoms with Crippen LogP contribution in [-0.2, 0) is 16.5 Å². The molecule has 3 nitrogen and oxygen atoms in total. The van der Waals surface area contributed by atoms with Gasteiger partial charge in [0, 0.05) is 29.4 Å². The molecular weight excluding hydrogens is 395 g/mol. The third-order valence-corrected chi connectivity index (χ3v) is 11.3. The van der Waals surface area contributed by atoms with Gasteiger partial charge in [0.25, 0.3) is 0 Å². The normalized spacial score (nSPS) is 21.1. The Morgan fingerprint density at radius 1 is 0.931 bits per heavy atom. The Kier molecular flexibility index (Phi) is 6.36. The van der Waals surface area contributed by atoms with E-state index >= 15 is 0 Å². The number of benzene rings is 2. The molecule has 1 heterocycles. The molecule has 0 aromatic heterocycles. The topological polar surface area (TPSA) is 15.7 Å². The van der Waals surface area contributed by atoms with E-state index in [1.54, 1.807) is 0 Å². The van der Waals surface area contributed by atoms with Crippen molar-refractivity contribution in [3.63, 3.8) is 0 Å². The fourth-order valence-electron chi connectivity index (χ4n) is 4.29. The molecule has 0 spiro atoms. The van der Waals surface area contributed by atoms with Crippen LogP contribution in [0.5, 0.6) is 0 Å². The Hall–Kier alpha value is -1.71. The molecule has 0 bridgehead atoms. The monoisotopic (exact) mass is 424 g/mol. The Labute approximate surface area is 179 Å². The molecule has 2 aromatic rings. The zero-order chi connectivity index (χ0) is 20.3. The number of nitrogens with zero attached hydrogens (tertiary/aromatic N) is 2. The van der Waals surface area contributed by atoms with Gasteiger partial charge in [-0.2, -0.15) is 0 Å². The lowest BCUT2D eigenvalue weighted by molar-refractivity contribution is 0.0548. The number of rotatable bonds is 5. The lowest BCUT2D eigenvalue weighted by Crippen LogP contribution is -2.36. The van der Waals surface area contributed by atoms with Crippen molar-refractivity contribution in [1.29, 1.82) is 0 Å². The number of ether oxygens (including phenoxy) is 1. The molecule has 0 N–H and O–H groups in total. The van der Waals surface area contributed by atoms with Crippen molar-refractivity contribution in [2.45, 2.75) is 12.8 Å². The number of hydrogen-bond donors (Lipinski definition) is 0. The van der Waals surface area contributed by atoms with Gasteiger partial charge in [0.2, 0.25) is 0 Å². The van der Waals surface area contributed by atoms with Crippen molar-refractivity contribution >= 4 is 29.4 Å². The molecule has 1 aliphatic heterocycles. The molecule has 4 rings (SSSR count). The van der Waals surface area contributed by atoms with E-state index in [0.717, 1.165) is 39.1 Å². The summed E-state index contributed by atoms with van der Waals surface area (Å²) < 4.78 is 7.96. The minimum Gasteiger partial charge on any atom is -0.378 e. The van der Waals surface area contributed by atoms with E-state index in [4.69, 9.17) is 16.5 Å². The quantitative estimate of drug-likeness (QED) is 0.647. The standard InChI is InChI=1S/C24H29N2OPS/c1-25(2)28(29,22-11-7-4-8-12-22)23-14-13-21(19-20-9-5-3-6-10-20)24(23)26-15-17-27-18-16-26/h3-12,19H,13-18H2,1-2H3/b21-19+/t28-/m0/s1. The Morgan fingerprint density at radius 2 is 1.55 bits per heavy atom. The summed E-state index contributed by atoms with van der Waals surface area (Å²) >= 11 is 6.51. The molecule has 0 saturated carbocycles. The van der Waals surface area contributed by atoms with Gasteiger partial charge >= 0.3 is 0 Å². The van der Waals surface area contributed by atoms with Gasteiger partial charge in [0.1, 0.15) is 0 Å². The molecule has 29 heavy (non-hydrogen) atoms. The van der Waals surface area contributed by atoms with Gasteiger partial charge in [0.05, 0.1) is 19.4 Å². The maximum absolute atomic E-state index is 6.51. The van der Waals surface area contributed by atoms with E-state index < -0.39 is 6.19 Å². The van der Waals surface area contributed by atoms with Gasteiger partial charge in [-0.25, -0.2) is 0 Å². The lowest BCUT2D eigenvalue weighted by Gasteiger charge is -2.36. The van der Waals surface area contributed by atoms with Gasteiger partial charge in [0.15, 0.2) is 0 Å². The first-order chi connectivity index (χ1) is 14.1. The number of allylic oxidation sites excluding steroid dienone is 2. The van der Waals surface area contributed by atoms with Crippen LogP contribution in [0, 0.1) is 0 Å². The van der Waals surface area contributed by atoms with Crippen LogP contribution in [0.1, 0.15) is 18.4 Å². The Morgan fingerprint density at radius 3 is 2.17 bits per heavy atom. The highest BCUT2D eigenvalue weighted by Gasteiger charge is 2.36. The van der Waals surface area contributed by atoms with E-state index in [2.05, 4.69) is 90.4 Å². The summed E-state index contributed by atoms with van der Waals surface area (Å²) in [5.41, 5.74) is 4.06. The van der Waals surface area contributed by atoms with E-state index in [0.29, 0.717) is 0 Å². The molecular formula is C24H29N2OPS. The van der Waals surface area contributed by atoms with Gasteiger partial charge in [-0.3, -0.25) is 4.67 Å². The highest BCUT2D eigenvalue weighted by atomic mass is 32.4. The maximum atomic E-state index is 6.51. The first-order valence-corrected chi connectivity index (χ1v) is 13.0. The third-order valence-electron chi connectivity index (χ3n) is 5.71. The van der Waals surface area contributed by atoms with Crippen molar-refractivity contribution in [3.05, 3.63) is 82.8 Å². The van der Waals surface area contributed by atoms with Gasteiger partial charge in [-0.15, -0.1) is 0 Å². The summed E-state index contributed by atoms with van der Waals surface area (Å²) in [5, 5.41) is 2.73. The fourth-order valence-corrected chi connectivity index (χ4v) is 8.01. The average Bonchev–Trinajstić information content (AvgIpc) is 3.19. The fraction of sp³-hybridized carbons (Fsp3) is 0.333. The molecule has 1 atom stereocenters. The zero-order valence-electron chi connectivity index (χ0n) is 17.3. The largest absolute Gasteiger partial charge is 0.378 e. The third kappa shape index (κ3) is 4.13. The second-order valence-corrected chi connectivity index (χ2v) is 12.3. The summed E-state index contributed by atoms with van der Waals surface area (Å²) in [4.78, 5) is 2.52. The molecule has 1 fully saturated rings. The van der Waals surface area contributed by atoms with Gasteiger partial charge < -0.3 is 9.64 Å². The van der Waals surface area contributed by atoms with Crippen molar-refractivity contribution in [2.75, 3.05) is 40.4 Å². The summed E-state index contributed by atoms with van der Waals surface area (Å²) in [6.07, 6.45) is 2.42. The molecule has 5 heteroatoms. The second-order valence-electron chi connectivity index (χ2n) is 7.73. The summed E-state index contributed by atoms with van der Waals surface area (Å²) in [5.74, 6) is 0. The first-order valence-electron chi connectivity index (χ1n) is 10.3. The lowest BCUT2D eigenvalue weighted by atomic mass is 10.1. The molecule has 1 saturated heterocycles. The molecule has 2 aliphatic rings. The molecule has 152 valence electrons. The van der Waals surface area contributed by atoms with Crippen LogP contribution < -0.4 is 5.30 Å². The smallest absolute Gasteiger partial charge is 0.0686 e. The van der Waals surface area contributed by atoms with Crippen LogP contribution in [0.25, 0.3) is 6.08 Å². The van der Waals surface area contributed by atoms with Gasteiger partial charge in [-0.1, -0.05) is 72.5 Å². The van der Waals surface area contributed by atoms with E-state index in [1.807, 2.05) is 0 Å². The molecule has 0 amide bonds. The maximum Gasteiger partial charge on any atom is 0.0686 e. The summed E-state index contributed by atoms with van der Waals surface area (Å²) in [6, 6.07) is 21.4. The molecule has 0 unspecified atom stereocenters.